The van der Waals surface area contributed by atoms with Gasteiger partial charge in [0.25, 0.3) is 0 Å². The smallest absolute Gasteiger partial charge is 0.330 e. The van der Waals surface area contributed by atoms with Crippen molar-refractivity contribution in [2.75, 3.05) is 27.2 Å². The highest BCUT2D eigenvalue weighted by Crippen LogP contribution is 2.64. The molecule has 7 unspecified atom stereocenters. The zero-order valence-corrected chi connectivity index (χ0v) is 19.1. The second-order valence-electron chi connectivity index (χ2n) is 10.9. The van der Waals surface area contributed by atoms with Crippen molar-refractivity contribution in [3.63, 3.8) is 0 Å². The lowest BCUT2D eigenvalue weighted by molar-refractivity contribution is -0.190. The number of rotatable bonds is 4. The van der Waals surface area contributed by atoms with E-state index in [4.69, 9.17) is 4.74 Å². The van der Waals surface area contributed by atoms with Crippen molar-refractivity contribution >= 4 is 5.97 Å². The summed E-state index contributed by atoms with van der Waals surface area (Å²) in [5.74, 6) is 0.849. The number of likely N-dealkylation sites (N-methyl/N-ethyl adjacent to an activating group) is 1. The summed E-state index contributed by atoms with van der Waals surface area (Å²) in [4.78, 5) is 14.3. The van der Waals surface area contributed by atoms with Crippen molar-refractivity contribution in [1.29, 1.82) is 0 Å². The first-order chi connectivity index (χ1) is 13.5. The zero-order valence-electron chi connectivity index (χ0n) is 19.1. The summed E-state index contributed by atoms with van der Waals surface area (Å²) in [7, 11) is 3.92. The molecule has 2 N–H and O–H groups in total. The Bertz CT molecular complexity index is 643. The van der Waals surface area contributed by atoms with Crippen LogP contribution in [0.25, 0.3) is 0 Å². The number of carbonyl (C=O) groups excluding carboxylic acids is 1. The van der Waals surface area contributed by atoms with Gasteiger partial charge in [0, 0.05) is 12.6 Å². The quantitative estimate of drug-likeness (QED) is 0.553. The van der Waals surface area contributed by atoms with Crippen LogP contribution >= 0.6 is 0 Å². The van der Waals surface area contributed by atoms with Crippen LogP contribution in [0, 0.1) is 34.5 Å². The van der Waals surface area contributed by atoms with Crippen molar-refractivity contribution in [3.8, 4) is 0 Å². The minimum absolute atomic E-state index is 0.138. The summed E-state index contributed by atoms with van der Waals surface area (Å²) in [6.45, 7) is 10.0. The lowest BCUT2D eigenvalue weighted by Crippen LogP contribution is -2.61. The zero-order chi connectivity index (χ0) is 21.6. The predicted molar refractivity (Wildman–Crippen MR) is 114 cm³/mol. The van der Waals surface area contributed by atoms with Gasteiger partial charge in [0.1, 0.15) is 6.61 Å². The van der Waals surface area contributed by atoms with Crippen LogP contribution in [0.15, 0.2) is 11.6 Å². The molecular weight excluding hydrogens is 366 g/mol. The van der Waals surface area contributed by atoms with Gasteiger partial charge in [0.15, 0.2) is 0 Å². The van der Waals surface area contributed by atoms with Crippen molar-refractivity contribution in [1.82, 2.24) is 4.90 Å². The number of fused-ring (bicyclic) bond motifs is 3. The number of hydrogen-bond donors (Lipinski definition) is 2. The normalized spacial score (nSPS) is 43.0. The van der Waals surface area contributed by atoms with Crippen LogP contribution in [0.5, 0.6) is 0 Å². The molecule has 3 rings (SSSR count). The first-order valence-corrected chi connectivity index (χ1v) is 11.4. The van der Waals surface area contributed by atoms with E-state index in [1.165, 1.54) is 0 Å². The van der Waals surface area contributed by atoms with E-state index in [9.17, 15) is 15.0 Å². The molecule has 3 aliphatic rings. The number of esters is 1. The predicted octanol–water partition coefficient (Wildman–Crippen LogP) is 3.25. The molecule has 7 atom stereocenters. The lowest BCUT2D eigenvalue weighted by atomic mass is 9.42. The number of aliphatic hydroxyl groups is 2. The Balaban J connectivity index is 1.77. The van der Waals surface area contributed by atoms with Crippen LogP contribution < -0.4 is 0 Å². The second-order valence-corrected chi connectivity index (χ2v) is 10.9. The van der Waals surface area contributed by atoms with Gasteiger partial charge >= 0.3 is 5.97 Å². The van der Waals surface area contributed by atoms with Crippen molar-refractivity contribution in [2.24, 2.45) is 34.5 Å². The SMILES string of the molecule is CC1/C(=C/C(=O)OCCN(C)C)CCC2C1C(O)CC1C(C)(C)C(O)CCC21C. The lowest BCUT2D eigenvalue weighted by Gasteiger charge is -2.64. The molecule has 0 spiro atoms. The minimum Gasteiger partial charge on any atom is -0.461 e. The molecule has 29 heavy (non-hydrogen) atoms. The summed E-state index contributed by atoms with van der Waals surface area (Å²) < 4.78 is 5.36. The molecule has 166 valence electrons. The molecule has 3 saturated carbocycles. The highest BCUT2D eigenvalue weighted by molar-refractivity contribution is 5.83. The molecule has 0 bridgehead atoms. The molecule has 0 aromatic carbocycles. The topological polar surface area (TPSA) is 70.0 Å². The number of nitrogens with zero attached hydrogens (tertiary/aromatic N) is 1. The van der Waals surface area contributed by atoms with E-state index in [2.05, 4.69) is 27.7 Å². The van der Waals surface area contributed by atoms with Gasteiger partial charge in [0.2, 0.25) is 0 Å². The maximum atomic E-state index is 12.3. The monoisotopic (exact) mass is 407 g/mol. The van der Waals surface area contributed by atoms with Gasteiger partial charge in [-0.1, -0.05) is 33.3 Å². The summed E-state index contributed by atoms with van der Waals surface area (Å²) in [5, 5.41) is 21.8. The van der Waals surface area contributed by atoms with Gasteiger partial charge in [-0.2, -0.15) is 0 Å². The van der Waals surface area contributed by atoms with Crippen molar-refractivity contribution in [3.05, 3.63) is 11.6 Å². The standard InChI is InChI=1S/C24H41NO4/c1-15-16(13-21(28)29-12-11-25(5)6)7-8-17-22(15)18(26)14-19-23(2,3)20(27)9-10-24(17,19)4/h13,15,17-20,22,26-27H,7-12,14H2,1-6H3/b16-13+. The van der Waals surface area contributed by atoms with Crippen LogP contribution in [0.3, 0.4) is 0 Å². The molecule has 0 radical (unpaired) electrons. The molecule has 0 heterocycles. The summed E-state index contributed by atoms with van der Waals surface area (Å²) in [6, 6.07) is 0. The van der Waals surface area contributed by atoms with E-state index >= 15 is 0 Å². The minimum atomic E-state index is -0.383. The van der Waals surface area contributed by atoms with Gasteiger partial charge in [-0.15, -0.1) is 0 Å². The van der Waals surface area contributed by atoms with Crippen molar-refractivity contribution in [2.45, 2.75) is 72.0 Å². The van der Waals surface area contributed by atoms with Gasteiger partial charge in [0.05, 0.1) is 12.2 Å². The summed E-state index contributed by atoms with van der Waals surface area (Å²) in [6.07, 6.45) is 5.51. The van der Waals surface area contributed by atoms with Crippen molar-refractivity contribution < 1.29 is 19.7 Å². The summed E-state index contributed by atoms with van der Waals surface area (Å²) in [5.41, 5.74) is 1.09. The third-order valence-corrected chi connectivity index (χ3v) is 8.73. The van der Waals surface area contributed by atoms with E-state index in [1.807, 2.05) is 19.0 Å². The molecule has 3 aliphatic carbocycles. The fourth-order valence-electron chi connectivity index (χ4n) is 6.93. The Kier molecular flexibility index (Phi) is 6.53. The van der Waals surface area contributed by atoms with Crippen LogP contribution in [0.2, 0.25) is 0 Å². The number of allylic oxidation sites excluding steroid dienone is 1. The second kappa shape index (κ2) is 8.32. The first-order valence-electron chi connectivity index (χ1n) is 11.4. The number of hydrogen-bond acceptors (Lipinski definition) is 5. The molecule has 0 aliphatic heterocycles. The van der Waals surface area contributed by atoms with E-state index in [1.54, 1.807) is 6.08 Å². The molecular formula is C24H41NO4. The maximum Gasteiger partial charge on any atom is 0.330 e. The molecule has 5 nitrogen and oxygen atoms in total. The molecule has 0 saturated heterocycles. The molecule has 0 aromatic heterocycles. The van der Waals surface area contributed by atoms with E-state index < -0.39 is 0 Å². The van der Waals surface area contributed by atoms with Crippen LogP contribution in [0.4, 0.5) is 0 Å². The third-order valence-electron chi connectivity index (χ3n) is 8.73. The Morgan fingerprint density at radius 3 is 2.59 bits per heavy atom. The van der Waals surface area contributed by atoms with E-state index in [0.717, 1.165) is 44.2 Å². The Labute approximate surface area is 176 Å². The van der Waals surface area contributed by atoms with E-state index in [0.29, 0.717) is 18.4 Å². The van der Waals surface area contributed by atoms with Gasteiger partial charge in [-0.3, -0.25) is 0 Å². The average Bonchev–Trinajstić information content (AvgIpc) is 2.63. The van der Waals surface area contributed by atoms with Gasteiger partial charge in [-0.25, -0.2) is 4.79 Å². The average molecular weight is 408 g/mol. The van der Waals surface area contributed by atoms with Crippen LogP contribution in [-0.2, 0) is 9.53 Å². The number of aliphatic hydroxyl groups excluding tert-OH is 2. The van der Waals surface area contributed by atoms with Gasteiger partial charge < -0.3 is 19.8 Å². The molecule has 5 heteroatoms. The highest BCUT2D eigenvalue weighted by Gasteiger charge is 2.60. The molecule has 3 fully saturated rings. The molecule has 0 amide bonds. The van der Waals surface area contributed by atoms with E-state index in [-0.39, 0.29) is 40.8 Å². The Morgan fingerprint density at radius 1 is 1.24 bits per heavy atom. The largest absolute Gasteiger partial charge is 0.461 e. The fraction of sp³-hybridized carbons (Fsp3) is 0.875. The van der Waals surface area contributed by atoms with Gasteiger partial charge in [-0.05, 0) is 80.7 Å². The highest BCUT2D eigenvalue weighted by atomic mass is 16.5. The maximum absolute atomic E-state index is 12.3. The Morgan fingerprint density at radius 2 is 1.93 bits per heavy atom. The molecule has 0 aromatic rings. The first kappa shape index (κ1) is 22.8. The number of ether oxygens (including phenoxy) is 1. The fourth-order valence-corrected chi connectivity index (χ4v) is 6.93. The van der Waals surface area contributed by atoms with Crippen LogP contribution in [0.1, 0.15) is 59.8 Å². The summed E-state index contributed by atoms with van der Waals surface area (Å²) >= 11 is 0. The number of carbonyl (C=O) groups is 1. The Hall–Kier alpha value is -0.910. The third kappa shape index (κ3) is 4.15. The van der Waals surface area contributed by atoms with Crippen LogP contribution in [-0.4, -0.2) is 60.5 Å².